The maximum atomic E-state index is 13.1. The quantitative estimate of drug-likeness (QED) is 0.529. The number of hydrogen-bond donors (Lipinski definition) is 0. The van der Waals surface area contributed by atoms with Gasteiger partial charge in [0.15, 0.2) is 0 Å². The predicted octanol–water partition coefficient (Wildman–Crippen LogP) is 4.93. The molecule has 24 heavy (non-hydrogen) atoms. The summed E-state index contributed by atoms with van der Waals surface area (Å²) in [6, 6.07) is 15.3. The van der Waals surface area contributed by atoms with Crippen LogP contribution in [0.3, 0.4) is 0 Å². The summed E-state index contributed by atoms with van der Waals surface area (Å²) >= 11 is 6.99. The summed E-state index contributed by atoms with van der Waals surface area (Å²) in [5.74, 6) is 1.33. The Morgan fingerprint density at radius 2 is 1.12 bits per heavy atom. The lowest BCUT2D eigenvalue weighted by Crippen LogP contribution is -2.23. The van der Waals surface area contributed by atoms with E-state index in [-0.39, 0.29) is 17.6 Å². The molecule has 2 unspecified atom stereocenters. The lowest BCUT2D eigenvalue weighted by Gasteiger charge is -2.21. The molecule has 0 aromatic heterocycles. The number of rotatable bonds is 8. The monoisotopic (exact) mass is 454 g/mol. The van der Waals surface area contributed by atoms with Gasteiger partial charge >= 0.3 is 0 Å². The van der Waals surface area contributed by atoms with Crippen LogP contribution in [-0.4, -0.2) is 30.7 Å². The highest BCUT2D eigenvalue weighted by Gasteiger charge is 2.28. The Labute approximate surface area is 159 Å². The van der Waals surface area contributed by atoms with Crippen LogP contribution in [-0.2, 0) is 4.79 Å². The zero-order valence-electron chi connectivity index (χ0n) is 13.7. The van der Waals surface area contributed by atoms with E-state index in [2.05, 4.69) is 31.9 Å². The van der Waals surface area contributed by atoms with Gasteiger partial charge in [-0.3, -0.25) is 4.79 Å². The summed E-state index contributed by atoms with van der Waals surface area (Å²) in [5.41, 5.74) is 1.97. The Kier molecular flexibility index (Phi) is 7.31. The first-order valence-corrected chi connectivity index (χ1v) is 9.82. The van der Waals surface area contributed by atoms with Gasteiger partial charge in [0, 0.05) is 10.7 Å². The Balaban J connectivity index is 2.25. The predicted molar refractivity (Wildman–Crippen MR) is 104 cm³/mol. The molecular formula is C19H20Br2O3. The lowest BCUT2D eigenvalue weighted by atomic mass is 9.86. The van der Waals surface area contributed by atoms with Crippen molar-refractivity contribution in [3.63, 3.8) is 0 Å². The van der Waals surface area contributed by atoms with Crippen LogP contribution in [0, 0.1) is 0 Å². The van der Waals surface area contributed by atoms with Gasteiger partial charge < -0.3 is 9.47 Å². The van der Waals surface area contributed by atoms with Crippen LogP contribution in [0.1, 0.15) is 23.0 Å². The van der Waals surface area contributed by atoms with Gasteiger partial charge in [0.1, 0.15) is 17.3 Å². The van der Waals surface area contributed by atoms with Crippen molar-refractivity contribution in [2.24, 2.45) is 0 Å². The van der Waals surface area contributed by atoms with Crippen molar-refractivity contribution in [2.45, 2.75) is 11.8 Å². The van der Waals surface area contributed by atoms with E-state index in [9.17, 15) is 4.79 Å². The van der Waals surface area contributed by atoms with Gasteiger partial charge in [-0.2, -0.15) is 0 Å². The van der Waals surface area contributed by atoms with Crippen LogP contribution in [0.15, 0.2) is 48.5 Å². The van der Waals surface area contributed by atoms with E-state index in [1.165, 1.54) is 0 Å². The largest absolute Gasteiger partial charge is 0.497 e. The van der Waals surface area contributed by atoms with E-state index in [0.717, 1.165) is 22.6 Å². The third kappa shape index (κ3) is 4.39. The second-order valence-electron chi connectivity index (χ2n) is 5.36. The van der Waals surface area contributed by atoms with Crippen molar-refractivity contribution >= 4 is 37.6 Å². The van der Waals surface area contributed by atoms with Gasteiger partial charge in [-0.25, -0.2) is 0 Å². The highest BCUT2D eigenvalue weighted by Crippen LogP contribution is 2.31. The number of ether oxygens (including phenoxy) is 2. The molecule has 0 aliphatic heterocycles. The number of Topliss-reactive ketones (excluding diaryl/α,β-unsaturated/α-hetero) is 1. The second kappa shape index (κ2) is 9.23. The number of alkyl halides is 2. The van der Waals surface area contributed by atoms with Crippen LogP contribution in [0.4, 0.5) is 0 Å². The Morgan fingerprint density at radius 1 is 0.792 bits per heavy atom. The summed E-state index contributed by atoms with van der Waals surface area (Å²) in [4.78, 5) is 13.1. The minimum Gasteiger partial charge on any atom is -0.497 e. The van der Waals surface area contributed by atoms with Crippen LogP contribution in [0.5, 0.6) is 11.5 Å². The van der Waals surface area contributed by atoms with Crippen LogP contribution >= 0.6 is 31.9 Å². The van der Waals surface area contributed by atoms with Gasteiger partial charge in [0.05, 0.1) is 26.1 Å². The van der Waals surface area contributed by atoms with E-state index < -0.39 is 0 Å². The van der Waals surface area contributed by atoms with Crippen molar-refractivity contribution in [1.82, 2.24) is 0 Å². The van der Waals surface area contributed by atoms with Crippen LogP contribution in [0.25, 0.3) is 0 Å². The molecule has 2 aromatic carbocycles. The molecule has 0 aliphatic carbocycles. The zero-order valence-corrected chi connectivity index (χ0v) is 16.8. The average Bonchev–Trinajstić information content (AvgIpc) is 2.64. The third-order valence-corrected chi connectivity index (χ3v) is 5.33. The van der Waals surface area contributed by atoms with E-state index in [1.54, 1.807) is 14.2 Å². The first-order chi connectivity index (χ1) is 11.6. The van der Waals surface area contributed by atoms with Crippen molar-refractivity contribution < 1.29 is 14.3 Å². The molecule has 0 saturated carbocycles. The molecule has 0 spiro atoms. The van der Waals surface area contributed by atoms with Crippen LogP contribution in [0.2, 0.25) is 0 Å². The summed E-state index contributed by atoms with van der Waals surface area (Å²) < 4.78 is 10.4. The molecule has 0 amide bonds. The van der Waals surface area contributed by atoms with Gasteiger partial charge in [0.25, 0.3) is 0 Å². The minimum absolute atomic E-state index is 0.180. The molecule has 5 heteroatoms. The number of benzene rings is 2. The summed E-state index contributed by atoms with van der Waals surface area (Å²) in [6.07, 6.45) is 0. The second-order valence-corrected chi connectivity index (χ2v) is 6.66. The van der Waals surface area contributed by atoms with Crippen molar-refractivity contribution in [3.05, 3.63) is 59.7 Å². The molecule has 0 aliphatic rings. The minimum atomic E-state index is -0.208. The van der Waals surface area contributed by atoms with Gasteiger partial charge in [0.2, 0.25) is 0 Å². The summed E-state index contributed by atoms with van der Waals surface area (Å²) in [6.45, 7) is 0. The molecule has 0 radical (unpaired) electrons. The molecule has 0 bridgehead atoms. The Bertz CT molecular complexity index is 596. The topological polar surface area (TPSA) is 35.5 Å². The van der Waals surface area contributed by atoms with Crippen LogP contribution < -0.4 is 9.47 Å². The Hall–Kier alpha value is -1.33. The maximum Gasteiger partial charge on any atom is 0.149 e. The zero-order chi connectivity index (χ0) is 17.5. The van der Waals surface area contributed by atoms with Crippen molar-refractivity contribution in [1.29, 1.82) is 0 Å². The number of carbonyl (C=O) groups excluding carboxylic acids is 1. The van der Waals surface area contributed by atoms with Crippen molar-refractivity contribution in [3.8, 4) is 11.5 Å². The first kappa shape index (κ1) is 19.0. The van der Waals surface area contributed by atoms with E-state index in [4.69, 9.17) is 9.47 Å². The molecule has 2 atom stereocenters. The molecule has 0 fully saturated rings. The molecule has 2 rings (SSSR count). The van der Waals surface area contributed by atoms with E-state index in [0.29, 0.717) is 10.7 Å². The molecule has 2 aromatic rings. The molecule has 0 saturated heterocycles. The number of methoxy groups -OCH3 is 2. The Morgan fingerprint density at radius 3 is 1.38 bits per heavy atom. The number of ketones is 1. The van der Waals surface area contributed by atoms with E-state index in [1.807, 2.05) is 48.5 Å². The molecule has 3 nitrogen and oxygen atoms in total. The SMILES string of the molecule is COc1ccc(C(CBr)C(=O)C(CBr)c2ccc(OC)cc2)cc1. The molecule has 0 heterocycles. The highest BCUT2D eigenvalue weighted by molar-refractivity contribution is 9.09. The number of hydrogen-bond acceptors (Lipinski definition) is 3. The number of halogens is 2. The van der Waals surface area contributed by atoms with Crippen molar-refractivity contribution in [2.75, 3.05) is 24.9 Å². The summed E-state index contributed by atoms with van der Waals surface area (Å²) in [7, 11) is 3.26. The van der Waals surface area contributed by atoms with Gasteiger partial charge in [-0.15, -0.1) is 0 Å². The molecule has 0 N–H and O–H groups in total. The standard InChI is InChI=1S/C19H20Br2O3/c1-23-15-7-3-13(4-8-15)17(11-20)19(22)18(12-21)14-5-9-16(24-2)10-6-14/h3-10,17-18H,11-12H2,1-2H3. The smallest absolute Gasteiger partial charge is 0.149 e. The third-order valence-electron chi connectivity index (χ3n) is 4.03. The van der Waals surface area contributed by atoms with Gasteiger partial charge in [-0.05, 0) is 35.4 Å². The fourth-order valence-corrected chi connectivity index (χ4v) is 3.96. The summed E-state index contributed by atoms with van der Waals surface area (Å²) in [5, 5.41) is 1.16. The average molecular weight is 456 g/mol. The number of carbonyl (C=O) groups is 1. The van der Waals surface area contributed by atoms with E-state index >= 15 is 0 Å². The molecular weight excluding hydrogens is 436 g/mol. The lowest BCUT2D eigenvalue weighted by molar-refractivity contribution is -0.121. The fourth-order valence-electron chi connectivity index (χ4n) is 2.57. The molecule has 128 valence electrons. The normalized spacial score (nSPS) is 13.2. The first-order valence-electron chi connectivity index (χ1n) is 7.58. The maximum absolute atomic E-state index is 13.1. The highest BCUT2D eigenvalue weighted by atomic mass is 79.9. The fraction of sp³-hybridized carbons (Fsp3) is 0.316. The van der Waals surface area contributed by atoms with Gasteiger partial charge in [-0.1, -0.05) is 56.1 Å².